The van der Waals surface area contributed by atoms with Crippen LogP contribution in [0.4, 0.5) is 0 Å². The van der Waals surface area contributed by atoms with Crippen molar-refractivity contribution in [1.82, 2.24) is 0 Å². The van der Waals surface area contributed by atoms with Gasteiger partial charge in [-0.3, -0.25) is 4.79 Å². The van der Waals surface area contributed by atoms with E-state index < -0.39 is 10.3 Å². The fourth-order valence-corrected chi connectivity index (χ4v) is 1.75. The van der Waals surface area contributed by atoms with E-state index in [1.807, 2.05) is 31.2 Å². The molecule has 0 heterocycles. The summed E-state index contributed by atoms with van der Waals surface area (Å²) in [7, 11) is 0. The third kappa shape index (κ3) is 1.97. The average molecular weight is 231 g/mol. The first kappa shape index (κ1) is 9.52. The minimum absolute atomic E-state index is 0.120. The molecule has 2 atom stereocenters. The van der Waals surface area contributed by atoms with Crippen molar-refractivity contribution in [2.75, 3.05) is 0 Å². The van der Waals surface area contributed by atoms with Crippen LogP contribution in [0.2, 0.25) is 0 Å². The Bertz CT molecular complexity index is 245. The minimum Gasteiger partial charge on any atom is -0.481 e. The van der Waals surface area contributed by atoms with Crippen molar-refractivity contribution >= 4 is 21.9 Å². The monoisotopic (exact) mass is 230 g/mol. The van der Waals surface area contributed by atoms with E-state index in [0.717, 1.165) is 0 Å². The molecule has 12 heavy (non-hydrogen) atoms. The molecule has 66 valence electrons. The first-order valence-electron chi connectivity index (χ1n) is 3.81. The Kier molecular flexibility index (Phi) is 2.73. The molecular formula is C9H11BrO2. The molecule has 0 aromatic heterocycles. The van der Waals surface area contributed by atoms with Gasteiger partial charge in [0.1, 0.15) is 0 Å². The van der Waals surface area contributed by atoms with Gasteiger partial charge in [0, 0.05) is 0 Å². The van der Waals surface area contributed by atoms with Gasteiger partial charge >= 0.3 is 5.97 Å². The Morgan fingerprint density at radius 3 is 2.83 bits per heavy atom. The Morgan fingerprint density at radius 1 is 1.67 bits per heavy atom. The Labute approximate surface area is 80.1 Å². The second kappa shape index (κ2) is 3.44. The lowest BCUT2D eigenvalue weighted by molar-refractivity contribution is -0.137. The maximum absolute atomic E-state index is 10.5. The molecule has 0 aliphatic heterocycles. The van der Waals surface area contributed by atoms with Gasteiger partial charge in [-0.2, -0.15) is 0 Å². The van der Waals surface area contributed by atoms with Gasteiger partial charge in [-0.15, -0.1) is 0 Å². The van der Waals surface area contributed by atoms with Crippen LogP contribution in [0.15, 0.2) is 24.3 Å². The summed E-state index contributed by atoms with van der Waals surface area (Å²) < 4.78 is -0.395. The zero-order valence-corrected chi connectivity index (χ0v) is 8.41. The highest BCUT2D eigenvalue weighted by molar-refractivity contribution is 9.10. The van der Waals surface area contributed by atoms with Crippen LogP contribution in [0.1, 0.15) is 13.3 Å². The van der Waals surface area contributed by atoms with E-state index in [1.165, 1.54) is 0 Å². The summed E-state index contributed by atoms with van der Waals surface area (Å²) in [5, 5.41) is 8.66. The number of carboxylic acids is 1. The van der Waals surface area contributed by atoms with Gasteiger partial charge < -0.3 is 5.11 Å². The van der Waals surface area contributed by atoms with Crippen LogP contribution < -0.4 is 0 Å². The van der Waals surface area contributed by atoms with Crippen molar-refractivity contribution in [3.8, 4) is 0 Å². The fraction of sp³-hybridized carbons (Fsp3) is 0.444. The van der Waals surface area contributed by atoms with Crippen LogP contribution in [0, 0.1) is 5.92 Å². The molecule has 0 spiro atoms. The van der Waals surface area contributed by atoms with Crippen LogP contribution >= 0.6 is 15.9 Å². The molecule has 0 bridgehead atoms. The Balaban J connectivity index is 2.76. The van der Waals surface area contributed by atoms with Gasteiger partial charge in [-0.1, -0.05) is 47.2 Å². The van der Waals surface area contributed by atoms with Crippen molar-refractivity contribution in [2.24, 2.45) is 5.92 Å². The number of allylic oxidation sites excluding steroid dienone is 4. The van der Waals surface area contributed by atoms with Crippen LogP contribution in [0.3, 0.4) is 0 Å². The average Bonchev–Trinajstić information content (AvgIpc) is 1.94. The number of hydrogen-bond donors (Lipinski definition) is 1. The summed E-state index contributed by atoms with van der Waals surface area (Å²) in [5.41, 5.74) is 0. The summed E-state index contributed by atoms with van der Waals surface area (Å²) in [6, 6.07) is 0. The molecule has 0 radical (unpaired) electrons. The van der Waals surface area contributed by atoms with E-state index in [-0.39, 0.29) is 12.3 Å². The fourth-order valence-electron chi connectivity index (χ4n) is 1.21. The smallest absolute Gasteiger partial charge is 0.305 e. The van der Waals surface area contributed by atoms with Gasteiger partial charge in [0.2, 0.25) is 0 Å². The quantitative estimate of drug-likeness (QED) is 0.740. The number of carboxylic acid groups (broad SMARTS) is 1. The maximum Gasteiger partial charge on any atom is 0.305 e. The van der Waals surface area contributed by atoms with Crippen molar-refractivity contribution in [3.05, 3.63) is 24.3 Å². The summed E-state index contributed by atoms with van der Waals surface area (Å²) >= 11 is 3.44. The molecule has 1 rings (SSSR count). The highest BCUT2D eigenvalue weighted by Crippen LogP contribution is 2.36. The molecule has 1 N–H and O–H groups in total. The normalized spacial score (nSPS) is 33.7. The SMILES string of the molecule is C[C@H]1C=CC=CC1(Br)CC(=O)O. The lowest BCUT2D eigenvalue weighted by Gasteiger charge is -2.28. The maximum atomic E-state index is 10.5. The van der Waals surface area contributed by atoms with Crippen molar-refractivity contribution in [1.29, 1.82) is 0 Å². The second-order valence-corrected chi connectivity index (χ2v) is 4.51. The van der Waals surface area contributed by atoms with E-state index >= 15 is 0 Å². The van der Waals surface area contributed by atoms with Gasteiger partial charge in [0.05, 0.1) is 10.7 Å². The first-order valence-corrected chi connectivity index (χ1v) is 4.60. The summed E-state index contributed by atoms with van der Waals surface area (Å²) in [5.74, 6) is -0.558. The topological polar surface area (TPSA) is 37.3 Å². The molecule has 2 nitrogen and oxygen atoms in total. The molecule has 0 aromatic rings. The van der Waals surface area contributed by atoms with Gasteiger partial charge in [0.15, 0.2) is 0 Å². The Hall–Kier alpha value is -0.570. The van der Waals surface area contributed by atoms with Crippen LogP contribution in [-0.2, 0) is 4.79 Å². The highest BCUT2D eigenvalue weighted by atomic mass is 79.9. The summed E-state index contributed by atoms with van der Waals surface area (Å²) in [6.07, 6.45) is 7.82. The number of hydrogen-bond acceptors (Lipinski definition) is 1. The minimum atomic E-state index is -0.779. The van der Waals surface area contributed by atoms with Crippen LogP contribution in [0.25, 0.3) is 0 Å². The molecule has 1 unspecified atom stereocenters. The van der Waals surface area contributed by atoms with E-state index in [0.29, 0.717) is 0 Å². The third-order valence-electron chi connectivity index (χ3n) is 2.06. The lowest BCUT2D eigenvalue weighted by atomic mass is 9.87. The molecule has 0 saturated heterocycles. The van der Waals surface area contributed by atoms with Gasteiger partial charge in [0.25, 0.3) is 0 Å². The molecule has 0 aromatic carbocycles. The molecule has 3 heteroatoms. The van der Waals surface area contributed by atoms with E-state index in [1.54, 1.807) is 0 Å². The number of carbonyl (C=O) groups is 1. The van der Waals surface area contributed by atoms with E-state index in [2.05, 4.69) is 15.9 Å². The first-order chi connectivity index (χ1) is 5.54. The van der Waals surface area contributed by atoms with Crippen molar-refractivity contribution in [3.63, 3.8) is 0 Å². The molecular weight excluding hydrogens is 220 g/mol. The largest absolute Gasteiger partial charge is 0.481 e. The number of alkyl halides is 1. The zero-order valence-electron chi connectivity index (χ0n) is 6.83. The summed E-state index contributed by atoms with van der Waals surface area (Å²) in [6.45, 7) is 2.00. The van der Waals surface area contributed by atoms with Crippen LogP contribution in [-0.4, -0.2) is 15.4 Å². The van der Waals surface area contributed by atoms with Gasteiger partial charge in [-0.05, 0) is 5.92 Å². The van der Waals surface area contributed by atoms with Crippen molar-refractivity contribution < 1.29 is 9.90 Å². The number of rotatable bonds is 2. The predicted octanol–water partition coefficient (Wildman–Crippen LogP) is 2.36. The van der Waals surface area contributed by atoms with Gasteiger partial charge in [-0.25, -0.2) is 0 Å². The van der Waals surface area contributed by atoms with E-state index in [4.69, 9.17) is 5.11 Å². The highest BCUT2D eigenvalue weighted by Gasteiger charge is 2.32. The van der Waals surface area contributed by atoms with E-state index in [9.17, 15) is 4.79 Å². The Morgan fingerprint density at radius 2 is 2.33 bits per heavy atom. The number of halogens is 1. The van der Waals surface area contributed by atoms with Crippen LogP contribution in [0.5, 0.6) is 0 Å². The number of aliphatic carboxylic acids is 1. The molecule has 1 aliphatic carbocycles. The molecule has 0 saturated carbocycles. The third-order valence-corrected chi connectivity index (χ3v) is 3.33. The summed E-state index contributed by atoms with van der Waals surface area (Å²) in [4.78, 5) is 10.5. The van der Waals surface area contributed by atoms with Crippen molar-refractivity contribution in [2.45, 2.75) is 17.7 Å². The molecule has 0 fully saturated rings. The standard InChI is InChI=1S/C9H11BrO2/c1-7-4-2-3-5-9(7,10)6-8(11)12/h2-5,7H,6H2,1H3,(H,11,12)/t7-,9?/m0/s1. The second-order valence-electron chi connectivity index (χ2n) is 3.03. The lowest BCUT2D eigenvalue weighted by Crippen LogP contribution is -2.30. The predicted molar refractivity (Wildman–Crippen MR) is 51.4 cm³/mol. The molecule has 1 aliphatic rings. The zero-order chi connectivity index (χ0) is 9.19. The molecule has 0 amide bonds.